The number of hydrogen-bond donors (Lipinski definition) is 0. The van der Waals surface area contributed by atoms with Crippen LogP contribution in [0.3, 0.4) is 0 Å². The van der Waals surface area contributed by atoms with Crippen molar-refractivity contribution in [2.24, 2.45) is 0 Å². The van der Waals surface area contributed by atoms with Crippen molar-refractivity contribution >= 4 is 38.1 Å². The molecule has 0 heterocycles. The average molecular weight is 601 g/mol. The lowest BCUT2D eigenvalue weighted by Crippen LogP contribution is -2.30. The molecule has 0 spiro atoms. The van der Waals surface area contributed by atoms with Crippen molar-refractivity contribution in [1.82, 2.24) is 0 Å². The van der Waals surface area contributed by atoms with Crippen LogP contribution in [0.5, 0.6) is 0 Å². The lowest BCUT2D eigenvalue weighted by molar-refractivity contribution is 0.103. The SMILES string of the molecule is CC1(C)c2ccccc2C(=O)c2cc(-c3cccc(-c4cccc(-c5ccc6c7ccccc7c7ccccc7c6c5)c4)c3)ccc21. The molecule has 8 aromatic rings. The van der Waals surface area contributed by atoms with Gasteiger partial charge >= 0.3 is 0 Å². The monoisotopic (exact) mass is 600 g/mol. The zero-order valence-electron chi connectivity index (χ0n) is 26.4. The van der Waals surface area contributed by atoms with Crippen LogP contribution >= 0.6 is 0 Å². The molecule has 0 saturated carbocycles. The summed E-state index contributed by atoms with van der Waals surface area (Å²) in [5.41, 5.74) is 10.4. The first-order chi connectivity index (χ1) is 23.0. The molecule has 0 N–H and O–H groups in total. The number of hydrogen-bond acceptors (Lipinski definition) is 1. The topological polar surface area (TPSA) is 17.1 Å². The van der Waals surface area contributed by atoms with Crippen LogP contribution in [0.15, 0.2) is 158 Å². The van der Waals surface area contributed by atoms with Gasteiger partial charge in [-0.25, -0.2) is 0 Å². The molecule has 0 fully saturated rings. The van der Waals surface area contributed by atoms with Gasteiger partial charge in [-0.05, 0) is 101 Å². The maximum Gasteiger partial charge on any atom is 0.193 e. The molecule has 1 heteroatoms. The first-order valence-electron chi connectivity index (χ1n) is 16.3. The minimum Gasteiger partial charge on any atom is -0.289 e. The van der Waals surface area contributed by atoms with Crippen LogP contribution in [0.1, 0.15) is 40.9 Å². The highest BCUT2D eigenvalue weighted by Gasteiger charge is 2.36. The Hall–Kier alpha value is -5.79. The maximum atomic E-state index is 13.7. The first-order valence-corrected chi connectivity index (χ1v) is 16.3. The van der Waals surface area contributed by atoms with E-state index in [1.807, 2.05) is 18.2 Å². The predicted molar refractivity (Wildman–Crippen MR) is 197 cm³/mol. The molecule has 0 atom stereocenters. The summed E-state index contributed by atoms with van der Waals surface area (Å²) in [4.78, 5) is 13.7. The summed E-state index contributed by atoms with van der Waals surface area (Å²) in [5, 5.41) is 7.70. The quantitative estimate of drug-likeness (QED) is 0.184. The first kappa shape index (κ1) is 27.5. The van der Waals surface area contributed by atoms with Gasteiger partial charge in [-0.1, -0.05) is 147 Å². The van der Waals surface area contributed by atoms with Crippen LogP contribution in [-0.2, 0) is 5.41 Å². The van der Waals surface area contributed by atoms with Crippen LogP contribution in [0, 0.1) is 0 Å². The molecule has 1 aliphatic rings. The summed E-state index contributed by atoms with van der Waals surface area (Å²) in [6.45, 7) is 4.43. The third-order valence-electron chi connectivity index (χ3n) is 10.3. The standard InChI is InChI=1S/C46H32O/c1-46(2)43-20-8-7-19-40(43)45(47)42-28-34(22-24-44(42)46)32-14-10-12-30(26-32)29-11-9-13-31(25-29)33-21-23-39-37-17-4-3-15-35(37)36-16-5-6-18-38(36)41(39)27-33/h3-28H,1-2H3. The molecule has 0 aliphatic heterocycles. The van der Waals surface area contributed by atoms with Gasteiger partial charge < -0.3 is 0 Å². The molecular weight excluding hydrogens is 569 g/mol. The van der Waals surface area contributed by atoms with E-state index in [2.05, 4.69) is 153 Å². The Labute approximate surface area is 274 Å². The Kier molecular flexibility index (Phi) is 6.07. The molecule has 222 valence electrons. The highest BCUT2D eigenvalue weighted by molar-refractivity contribution is 6.25. The Morgan fingerprint density at radius 2 is 0.766 bits per heavy atom. The van der Waals surface area contributed by atoms with E-state index in [4.69, 9.17) is 0 Å². The Balaban J connectivity index is 1.11. The van der Waals surface area contributed by atoms with Crippen LogP contribution in [0.2, 0.25) is 0 Å². The minimum atomic E-state index is -0.233. The molecule has 0 bridgehead atoms. The van der Waals surface area contributed by atoms with E-state index >= 15 is 0 Å². The third kappa shape index (κ3) is 4.27. The lowest BCUT2D eigenvalue weighted by Gasteiger charge is -2.34. The summed E-state index contributed by atoms with van der Waals surface area (Å²) < 4.78 is 0. The van der Waals surface area contributed by atoms with Gasteiger partial charge in [0.15, 0.2) is 5.78 Å². The molecular formula is C46H32O. The second-order valence-corrected chi connectivity index (χ2v) is 13.3. The summed E-state index contributed by atoms with van der Waals surface area (Å²) in [6, 6.07) is 56.3. The number of carbonyl (C=O) groups excluding carboxylic acids is 1. The Morgan fingerprint density at radius 3 is 1.36 bits per heavy atom. The Bertz CT molecular complexity index is 2530. The lowest BCUT2D eigenvalue weighted by atomic mass is 9.68. The molecule has 0 saturated heterocycles. The highest BCUT2D eigenvalue weighted by atomic mass is 16.1. The number of ketones is 1. The van der Waals surface area contributed by atoms with Gasteiger partial charge in [-0.3, -0.25) is 4.79 Å². The van der Waals surface area contributed by atoms with Crippen molar-refractivity contribution in [3.63, 3.8) is 0 Å². The molecule has 9 rings (SSSR count). The van der Waals surface area contributed by atoms with Crippen molar-refractivity contribution in [2.45, 2.75) is 19.3 Å². The largest absolute Gasteiger partial charge is 0.289 e. The number of fused-ring (bicyclic) bond motifs is 8. The minimum absolute atomic E-state index is 0.108. The van der Waals surface area contributed by atoms with Gasteiger partial charge in [0.25, 0.3) is 0 Å². The van der Waals surface area contributed by atoms with Gasteiger partial charge in [0.2, 0.25) is 0 Å². The molecule has 1 nitrogen and oxygen atoms in total. The Morgan fingerprint density at radius 1 is 0.340 bits per heavy atom. The van der Waals surface area contributed by atoms with E-state index in [-0.39, 0.29) is 11.2 Å². The van der Waals surface area contributed by atoms with Crippen molar-refractivity contribution in [3.05, 3.63) is 180 Å². The van der Waals surface area contributed by atoms with Gasteiger partial charge in [-0.2, -0.15) is 0 Å². The summed E-state index contributed by atoms with van der Waals surface area (Å²) in [7, 11) is 0. The van der Waals surface area contributed by atoms with Gasteiger partial charge in [0.05, 0.1) is 0 Å². The number of carbonyl (C=O) groups is 1. The van der Waals surface area contributed by atoms with Crippen LogP contribution in [-0.4, -0.2) is 5.78 Å². The van der Waals surface area contributed by atoms with Crippen LogP contribution in [0.4, 0.5) is 0 Å². The summed E-state index contributed by atoms with van der Waals surface area (Å²) in [5.74, 6) is 0.108. The van der Waals surface area contributed by atoms with E-state index in [1.54, 1.807) is 0 Å². The third-order valence-corrected chi connectivity index (χ3v) is 10.3. The zero-order valence-corrected chi connectivity index (χ0v) is 26.4. The zero-order chi connectivity index (χ0) is 31.7. The molecule has 47 heavy (non-hydrogen) atoms. The highest BCUT2D eigenvalue weighted by Crippen LogP contribution is 2.43. The van der Waals surface area contributed by atoms with Crippen molar-refractivity contribution in [2.75, 3.05) is 0 Å². The van der Waals surface area contributed by atoms with E-state index in [1.165, 1.54) is 43.4 Å². The fourth-order valence-corrected chi connectivity index (χ4v) is 7.82. The van der Waals surface area contributed by atoms with E-state index < -0.39 is 0 Å². The van der Waals surface area contributed by atoms with Crippen LogP contribution in [0.25, 0.3) is 65.7 Å². The molecule has 1 aliphatic carbocycles. The fourth-order valence-electron chi connectivity index (χ4n) is 7.82. The van der Waals surface area contributed by atoms with Crippen molar-refractivity contribution < 1.29 is 4.79 Å². The normalized spacial score (nSPS) is 13.5. The second kappa shape index (κ2) is 10.4. The van der Waals surface area contributed by atoms with Gasteiger partial charge in [0, 0.05) is 16.5 Å². The fraction of sp³-hybridized carbons (Fsp3) is 0.0652. The smallest absolute Gasteiger partial charge is 0.193 e. The van der Waals surface area contributed by atoms with Crippen molar-refractivity contribution in [1.29, 1.82) is 0 Å². The average Bonchev–Trinajstić information content (AvgIpc) is 3.14. The molecule has 0 unspecified atom stereocenters. The second-order valence-electron chi connectivity index (χ2n) is 13.3. The van der Waals surface area contributed by atoms with Crippen molar-refractivity contribution in [3.8, 4) is 33.4 Å². The van der Waals surface area contributed by atoms with E-state index in [0.717, 1.165) is 44.5 Å². The summed E-state index contributed by atoms with van der Waals surface area (Å²) in [6.07, 6.45) is 0. The number of benzene rings is 8. The molecule has 0 aromatic heterocycles. The molecule has 8 aromatic carbocycles. The van der Waals surface area contributed by atoms with E-state index in [0.29, 0.717) is 0 Å². The molecule has 0 radical (unpaired) electrons. The van der Waals surface area contributed by atoms with E-state index in [9.17, 15) is 4.79 Å². The summed E-state index contributed by atoms with van der Waals surface area (Å²) >= 11 is 0. The van der Waals surface area contributed by atoms with Gasteiger partial charge in [0.1, 0.15) is 0 Å². The van der Waals surface area contributed by atoms with Crippen LogP contribution < -0.4 is 0 Å². The maximum absolute atomic E-state index is 13.7. The number of rotatable bonds is 3. The molecule has 0 amide bonds. The van der Waals surface area contributed by atoms with Gasteiger partial charge in [-0.15, -0.1) is 0 Å². The predicted octanol–water partition coefficient (Wildman–Crippen LogP) is 12.0.